The summed E-state index contributed by atoms with van der Waals surface area (Å²) in [5, 5.41) is 9.36. The zero-order valence-electron chi connectivity index (χ0n) is 16.1. The van der Waals surface area contributed by atoms with E-state index < -0.39 is 0 Å². The van der Waals surface area contributed by atoms with E-state index in [1.165, 1.54) is 0 Å². The molecule has 0 radical (unpaired) electrons. The number of methoxy groups -OCH3 is 1. The summed E-state index contributed by atoms with van der Waals surface area (Å²) < 4.78 is 5.51. The highest BCUT2D eigenvalue weighted by molar-refractivity contribution is 5.85. The van der Waals surface area contributed by atoms with Gasteiger partial charge in [0.15, 0.2) is 0 Å². The summed E-state index contributed by atoms with van der Waals surface area (Å²) in [6.07, 6.45) is 0.868. The van der Waals surface area contributed by atoms with Crippen molar-refractivity contribution in [3.63, 3.8) is 0 Å². The molecule has 6 nitrogen and oxygen atoms in total. The van der Waals surface area contributed by atoms with Crippen molar-refractivity contribution in [2.45, 2.75) is 45.7 Å². The predicted molar refractivity (Wildman–Crippen MR) is 99.8 cm³/mol. The molecule has 0 unspecified atom stereocenters. The van der Waals surface area contributed by atoms with E-state index in [0.29, 0.717) is 31.7 Å². The molecule has 2 rings (SSSR count). The molecule has 1 aliphatic heterocycles. The van der Waals surface area contributed by atoms with E-state index in [-0.39, 0.29) is 36.4 Å². The average molecular weight is 362 g/mol. The van der Waals surface area contributed by atoms with Gasteiger partial charge in [-0.3, -0.25) is 9.59 Å². The van der Waals surface area contributed by atoms with Crippen LogP contribution in [0.5, 0.6) is 5.75 Å². The van der Waals surface area contributed by atoms with Crippen LogP contribution >= 0.6 is 0 Å². The van der Waals surface area contributed by atoms with Crippen molar-refractivity contribution in [1.82, 2.24) is 9.80 Å². The van der Waals surface area contributed by atoms with Crippen LogP contribution in [0.3, 0.4) is 0 Å². The van der Waals surface area contributed by atoms with Crippen LogP contribution in [0.2, 0.25) is 0 Å². The molecule has 1 fully saturated rings. The molecule has 1 aromatic rings. The minimum Gasteiger partial charge on any atom is -0.496 e. The summed E-state index contributed by atoms with van der Waals surface area (Å²) >= 11 is 0. The van der Waals surface area contributed by atoms with Gasteiger partial charge in [-0.05, 0) is 33.3 Å². The Morgan fingerprint density at radius 1 is 1.38 bits per heavy atom. The number of aliphatic hydroxyl groups excluding tert-OH is 1. The third kappa shape index (κ3) is 4.01. The van der Waals surface area contributed by atoms with Crippen LogP contribution in [-0.2, 0) is 9.59 Å². The quantitative estimate of drug-likeness (QED) is 0.807. The molecule has 1 aliphatic rings. The van der Waals surface area contributed by atoms with Crippen LogP contribution in [0, 0.1) is 5.92 Å². The van der Waals surface area contributed by atoms with Crippen LogP contribution < -0.4 is 4.74 Å². The Kier molecular flexibility index (Phi) is 7.03. The normalized spacial score (nSPS) is 20.4. The highest BCUT2D eigenvalue weighted by Gasteiger charge is 2.42. The molecule has 2 amide bonds. The van der Waals surface area contributed by atoms with Crippen molar-refractivity contribution in [3.05, 3.63) is 29.8 Å². The van der Waals surface area contributed by atoms with Crippen LogP contribution in [0.25, 0.3) is 0 Å². The molecule has 0 bridgehead atoms. The molecule has 0 spiro atoms. The minimum atomic E-state index is -0.357. The van der Waals surface area contributed by atoms with E-state index >= 15 is 0 Å². The van der Waals surface area contributed by atoms with Gasteiger partial charge in [0.05, 0.1) is 25.7 Å². The van der Waals surface area contributed by atoms with Crippen molar-refractivity contribution >= 4 is 11.8 Å². The summed E-state index contributed by atoms with van der Waals surface area (Å²) in [6, 6.07) is 7.20. The number of benzene rings is 1. The Morgan fingerprint density at radius 2 is 2.08 bits per heavy atom. The number of hydrogen-bond donors (Lipinski definition) is 1. The summed E-state index contributed by atoms with van der Waals surface area (Å²) in [5.41, 5.74) is 0.857. The van der Waals surface area contributed by atoms with Crippen LogP contribution in [0.1, 0.15) is 45.2 Å². The number of piperidine rings is 1. The molecular formula is C20H30N2O4. The first-order valence-corrected chi connectivity index (χ1v) is 9.29. The largest absolute Gasteiger partial charge is 0.496 e. The first-order valence-electron chi connectivity index (χ1n) is 9.29. The third-order valence-electron chi connectivity index (χ3n) is 5.07. The Bertz CT molecular complexity index is 632. The lowest BCUT2D eigenvalue weighted by molar-refractivity contribution is -0.149. The monoisotopic (exact) mass is 362 g/mol. The van der Waals surface area contributed by atoms with Crippen LogP contribution in [-0.4, -0.2) is 59.6 Å². The van der Waals surface area contributed by atoms with Crippen molar-refractivity contribution in [3.8, 4) is 5.75 Å². The fourth-order valence-electron chi connectivity index (χ4n) is 3.82. The lowest BCUT2D eigenvalue weighted by Crippen LogP contribution is -2.51. The van der Waals surface area contributed by atoms with Gasteiger partial charge in [0.2, 0.25) is 11.8 Å². The number of ether oxygens (including phenoxy) is 1. The smallest absolute Gasteiger partial charge is 0.228 e. The maximum absolute atomic E-state index is 13.3. The summed E-state index contributed by atoms with van der Waals surface area (Å²) in [5.74, 6) is 0.376. The molecule has 6 heteroatoms. The number of para-hydroxylation sites is 1. The zero-order chi connectivity index (χ0) is 19.3. The van der Waals surface area contributed by atoms with Gasteiger partial charge in [0, 0.05) is 31.1 Å². The van der Waals surface area contributed by atoms with Gasteiger partial charge in [-0.1, -0.05) is 18.2 Å². The Hall–Kier alpha value is -2.08. The number of carbonyl (C=O) groups excluding carboxylic acids is 2. The van der Waals surface area contributed by atoms with Gasteiger partial charge in [-0.15, -0.1) is 0 Å². The number of rotatable bonds is 7. The highest BCUT2D eigenvalue weighted by atomic mass is 16.5. The fourth-order valence-corrected chi connectivity index (χ4v) is 3.82. The maximum atomic E-state index is 13.3. The van der Waals surface area contributed by atoms with Crippen LogP contribution in [0.4, 0.5) is 0 Å². The second-order valence-corrected chi connectivity index (χ2v) is 6.86. The molecule has 2 atom stereocenters. The van der Waals surface area contributed by atoms with E-state index in [9.17, 15) is 14.7 Å². The van der Waals surface area contributed by atoms with E-state index in [1.807, 2.05) is 45.0 Å². The van der Waals surface area contributed by atoms with Crippen LogP contribution in [0.15, 0.2) is 24.3 Å². The molecule has 1 N–H and O–H groups in total. The van der Waals surface area contributed by atoms with E-state index in [4.69, 9.17) is 4.74 Å². The first kappa shape index (κ1) is 20.2. The Balaban J connectivity index is 2.48. The molecule has 26 heavy (non-hydrogen) atoms. The molecule has 144 valence electrons. The highest BCUT2D eigenvalue weighted by Crippen LogP contribution is 2.41. The van der Waals surface area contributed by atoms with Gasteiger partial charge in [0.25, 0.3) is 0 Å². The standard InChI is InChI=1S/C20H30N2O4/c1-5-21-18(24)11-10-16(20(25)22(12-13-23)14(2)3)19(21)15-8-6-7-9-17(15)26-4/h6-9,14,16,19,23H,5,10-13H2,1-4H3/t16-,19+/m1/s1. The predicted octanol–water partition coefficient (Wildman–Crippen LogP) is 2.22. The molecule has 0 saturated carbocycles. The first-order chi connectivity index (χ1) is 12.5. The van der Waals surface area contributed by atoms with E-state index in [1.54, 1.807) is 16.9 Å². The third-order valence-corrected chi connectivity index (χ3v) is 5.07. The second-order valence-electron chi connectivity index (χ2n) is 6.86. The van der Waals surface area contributed by atoms with Crippen molar-refractivity contribution in [1.29, 1.82) is 0 Å². The van der Waals surface area contributed by atoms with Gasteiger partial charge < -0.3 is 19.6 Å². The number of carbonyl (C=O) groups is 2. The number of nitrogens with zero attached hydrogens (tertiary/aromatic N) is 2. The van der Waals surface area contributed by atoms with Crippen molar-refractivity contribution < 1.29 is 19.4 Å². The van der Waals surface area contributed by atoms with Gasteiger partial charge in [0.1, 0.15) is 5.75 Å². The molecule has 1 aromatic carbocycles. The average Bonchev–Trinajstić information content (AvgIpc) is 2.64. The second kappa shape index (κ2) is 9.03. The van der Waals surface area contributed by atoms with Gasteiger partial charge >= 0.3 is 0 Å². The van der Waals surface area contributed by atoms with Gasteiger partial charge in [-0.25, -0.2) is 0 Å². The Labute approximate surface area is 155 Å². The van der Waals surface area contributed by atoms with Gasteiger partial charge in [-0.2, -0.15) is 0 Å². The Morgan fingerprint density at radius 3 is 2.65 bits per heavy atom. The van der Waals surface area contributed by atoms with Crippen molar-refractivity contribution in [2.24, 2.45) is 5.92 Å². The SMILES string of the molecule is CCN1C(=O)CC[C@@H](C(=O)N(CCO)C(C)C)[C@@H]1c1ccccc1OC. The molecule has 0 aliphatic carbocycles. The lowest BCUT2D eigenvalue weighted by Gasteiger charge is -2.43. The molecule has 0 aromatic heterocycles. The summed E-state index contributed by atoms with van der Waals surface area (Å²) in [7, 11) is 1.60. The number of aliphatic hydroxyl groups is 1. The molecule has 1 heterocycles. The zero-order valence-corrected chi connectivity index (χ0v) is 16.1. The van der Waals surface area contributed by atoms with E-state index in [2.05, 4.69) is 0 Å². The number of amides is 2. The maximum Gasteiger partial charge on any atom is 0.228 e. The topological polar surface area (TPSA) is 70.1 Å². The fraction of sp³-hybridized carbons (Fsp3) is 0.600. The minimum absolute atomic E-state index is 0.0133. The summed E-state index contributed by atoms with van der Waals surface area (Å²) in [4.78, 5) is 29.3. The summed E-state index contributed by atoms with van der Waals surface area (Å²) in [6.45, 7) is 6.57. The molecule has 1 saturated heterocycles. The van der Waals surface area contributed by atoms with Crippen molar-refractivity contribution in [2.75, 3.05) is 26.8 Å². The molecular weight excluding hydrogens is 332 g/mol. The lowest BCUT2D eigenvalue weighted by atomic mass is 9.82. The number of hydrogen-bond acceptors (Lipinski definition) is 4. The van der Waals surface area contributed by atoms with E-state index in [0.717, 1.165) is 5.56 Å². The number of likely N-dealkylation sites (tertiary alicyclic amines) is 1.